The highest BCUT2D eigenvalue weighted by Crippen LogP contribution is 2.29. The number of benzene rings is 1. The van der Waals surface area contributed by atoms with E-state index in [1.165, 1.54) is 69.9 Å². The lowest BCUT2D eigenvalue weighted by molar-refractivity contribution is -0.148. The minimum absolute atomic E-state index is 0.175. The van der Waals surface area contributed by atoms with Crippen molar-refractivity contribution in [2.45, 2.75) is 110 Å². The maximum atomic E-state index is 12.0. The van der Waals surface area contributed by atoms with E-state index in [0.717, 1.165) is 25.7 Å². The van der Waals surface area contributed by atoms with Crippen molar-refractivity contribution >= 4 is 5.97 Å². The van der Waals surface area contributed by atoms with Crippen LogP contribution < -0.4 is 0 Å². The van der Waals surface area contributed by atoms with Gasteiger partial charge in [-0.15, -0.1) is 0 Å². The summed E-state index contributed by atoms with van der Waals surface area (Å²) in [5.74, 6) is -0.592. The lowest BCUT2D eigenvalue weighted by Crippen LogP contribution is -2.08. The Morgan fingerprint density at radius 1 is 0.867 bits per heavy atom. The van der Waals surface area contributed by atoms with Crippen molar-refractivity contribution in [3.05, 3.63) is 35.9 Å². The molecular weight excluding hydrogens is 376 g/mol. The van der Waals surface area contributed by atoms with Crippen molar-refractivity contribution in [1.29, 1.82) is 0 Å². The van der Waals surface area contributed by atoms with Crippen molar-refractivity contribution in [2.24, 2.45) is 0 Å². The van der Waals surface area contributed by atoms with Crippen LogP contribution in [0.25, 0.3) is 0 Å². The maximum Gasteiger partial charge on any atom is 0.306 e. The summed E-state index contributed by atoms with van der Waals surface area (Å²) in [7, 11) is 0. The molecule has 30 heavy (non-hydrogen) atoms. The Morgan fingerprint density at radius 2 is 1.43 bits per heavy atom. The molecule has 1 aromatic rings. The molecule has 1 aromatic carbocycles. The molecule has 0 saturated heterocycles. The molecule has 0 bridgehead atoms. The van der Waals surface area contributed by atoms with E-state index in [2.05, 4.69) is 19.1 Å². The largest absolute Gasteiger partial charge is 0.504 e. The third-order valence-corrected chi connectivity index (χ3v) is 5.42. The highest BCUT2D eigenvalue weighted by molar-refractivity contribution is 5.69. The molecule has 0 aliphatic carbocycles. The number of hydrogen-bond donors (Lipinski definition) is 2. The summed E-state index contributed by atoms with van der Waals surface area (Å²) in [4.78, 5) is 12.0. The van der Waals surface area contributed by atoms with Gasteiger partial charge in [-0.3, -0.25) is 4.79 Å². The van der Waals surface area contributed by atoms with Crippen LogP contribution in [-0.4, -0.2) is 16.2 Å². The molecule has 2 N–H and O–H groups in total. The molecule has 4 nitrogen and oxygen atoms in total. The Hall–Kier alpha value is -1.97. The van der Waals surface area contributed by atoms with Crippen LogP contribution in [0.4, 0.5) is 0 Å². The van der Waals surface area contributed by atoms with E-state index in [1.807, 2.05) is 0 Å². The van der Waals surface area contributed by atoms with Gasteiger partial charge >= 0.3 is 5.97 Å². The van der Waals surface area contributed by atoms with Crippen molar-refractivity contribution in [1.82, 2.24) is 0 Å². The van der Waals surface area contributed by atoms with Crippen LogP contribution in [0, 0.1) is 0 Å². The van der Waals surface area contributed by atoms with E-state index >= 15 is 0 Å². The number of phenols is 2. The molecule has 0 aromatic heterocycles. The maximum absolute atomic E-state index is 12.0. The second-order valence-electron chi connectivity index (χ2n) is 8.21. The van der Waals surface area contributed by atoms with E-state index in [0.29, 0.717) is 12.0 Å². The average Bonchev–Trinajstić information content (AvgIpc) is 2.72. The number of ether oxygens (including phenoxy) is 1. The smallest absolute Gasteiger partial charge is 0.306 e. The van der Waals surface area contributed by atoms with Gasteiger partial charge in [-0.1, -0.05) is 76.5 Å². The molecule has 4 heteroatoms. The number of carbonyl (C=O) groups is 1. The normalized spacial score (nSPS) is 12.3. The zero-order valence-electron chi connectivity index (χ0n) is 19.1. The number of unbranched alkanes of at least 4 members (excludes halogenated alkanes) is 11. The van der Waals surface area contributed by atoms with Crippen LogP contribution in [0.1, 0.15) is 115 Å². The third-order valence-electron chi connectivity index (χ3n) is 5.42. The van der Waals surface area contributed by atoms with Gasteiger partial charge in [0.05, 0.1) is 0 Å². The third kappa shape index (κ3) is 12.6. The Bertz CT molecular complexity index is 609. The first-order valence-corrected chi connectivity index (χ1v) is 11.9. The molecule has 0 radical (unpaired) electrons. The lowest BCUT2D eigenvalue weighted by atomic mass is 10.1. The minimum atomic E-state index is -0.438. The number of phenolic OH excluding ortho intramolecular Hbond substituents is 2. The predicted molar refractivity (Wildman–Crippen MR) is 124 cm³/mol. The van der Waals surface area contributed by atoms with Crippen LogP contribution >= 0.6 is 0 Å². The molecule has 0 aliphatic heterocycles. The molecule has 1 rings (SSSR count). The molecule has 0 heterocycles. The highest BCUT2D eigenvalue weighted by Gasteiger charge is 2.13. The molecule has 0 fully saturated rings. The van der Waals surface area contributed by atoms with E-state index in [4.69, 9.17) is 4.74 Å². The first-order chi connectivity index (χ1) is 14.5. The second kappa shape index (κ2) is 16.8. The van der Waals surface area contributed by atoms with Gasteiger partial charge in [0.25, 0.3) is 0 Å². The van der Waals surface area contributed by atoms with Crippen molar-refractivity contribution in [3.63, 3.8) is 0 Å². The minimum Gasteiger partial charge on any atom is -0.504 e. The van der Waals surface area contributed by atoms with Crippen LogP contribution in [0.2, 0.25) is 0 Å². The zero-order chi connectivity index (χ0) is 22.0. The number of carbonyl (C=O) groups excluding carboxylic acids is 1. The summed E-state index contributed by atoms with van der Waals surface area (Å²) in [5.41, 5.74) is 0.670. The summed E-state index contributed by atoms with van der Waals surface area (Å²) in [5, 5.41) is 18.9. The Kier molecular flexibility index (Phi) is 14.6. The summed E-state index contributed by atoms with van der Waals surface area (Å²) in [6, 6.07) is 4.48. The quantitative estimate of drug-likeness (QED) is 0.117. The van der Waals surface area contributed by atoms with Crippen molar-refractivity contribution in [2.75, 3.05) is 0 Å². The monoisotopic (exact) mass is 418 g/mol. The number of allylic oxidation sites excluding steroid dienone is 2. The number of rotatable bonds is 17. The van der Waals surface area contributed by atoms with Gasteiger partial charge in [-0.05, 0) is 56.7 Å². The van der Waals surface area contributed by atoms with Gasteiger partial charge in [0.2, 0.25) is 0 Å². The second-order valence-corrected chi connectivity index (χ2v) is 8.21. The van der Waals surface area contributed by atoms with Crippen LogP contribution in [-0.2, 0) is 9.53 Å². The van der Waals surface area contributed by atoms with Crippen LogP contribution in [0.15, 0.2) is 30.4 Å². The van der Waals surface area contributed by atoms with Gasteiger partial charge in [0, 0.05) is 6.42 Å². The standard InChI is InChI=1S/C26H42O4/c1-3-4-5-6-7-8-9-10-11-12-13-14-15-16-17-18-26(29)30-22(2)23-19-20-24(27)25(28)21-23/h10-11,19-22,27-28H,3-9,12-18H2,1-2H3/b11-10-. The summed E-state index contributed by atoms with van der Waals surface area (Å²) in [6.07, 6.45) is 20.7. The first kappa shape index (κ1) is 26.1. The summed E-state index contributed by atoms with van der Waals surface area (Å²) in [6.45, 7) is 4.02. The summed E-state index contributed by atoms with van der Waals surface area (Å²) < 4.78 is 5.41. The van der Waals surface area contributed by atoms with Gasteiger partial charge in [0.15, 0.2) is 11.5 Å². The molecular formula is C26H42O4. The molecule has 0 saturated carbocycles. The van der Waals surface area contributed by atoms with E-state index < -0.39 is 6.10 Å². The van der Waals surface area contributed by atoms with Crippen LogP contribution in [0.3, 0.4) is 0 Å². The Morgan fingerprint density at radius 3 is 2.03 bits per heavy atom. The van der Waals surface area contributed by atoms with Crippen LogP contribution in [0.5, 0.6) is 11.5 Å². The highest BCUT2D eigenvalue weighted by atomic mass is 16.5. The van der Waals surface area contributed by atoms with Gasteiger partial charge in [0.1, 0.15) is 6.10 Å². The van der Waals surface area contributed by atoms with E-state index in [1.54, 1.807) is 13.0 Å². The fourth-order valence-corrected chi connectivity index (χ4v) is 3.46. The Balaban J connectivity index is 1.96. The fraction of sp³-hybridized carbons (Fsp3) is 0.654. The van der Waals surface area contributed by atoms with Crippen molar-refractivity contribution < 1.29 is 19.7 Å². The molecule has 1 atom stereocenters. The fourth-order valence-electron chi connectivity index (χ4n) is 3.46. The molecule has 170 valence electrons. The lowest BCUT2D eigenvalue weighted by Gasteiger charge is -2.14. The topological polar surface area (TPSA) is 66.8 Å². The summed E-state index contributed by atoms with van der Waals surface area (Å²) >= 11 is 0. The number of hydrogen-bond acceptors (Lipinski definition) is 4. The average molecular weight is 419 g/mol. The molecule has 1 unspecified atom stereocenters. The Labute approximate surface area is 183 Å². The zero-order valence-corrected chi connectivity index (χ0v) is 19.1. The molecule has 0 amide bonds. The van der Waals surface area contributed by atoms with Gasteiger partial charge in [-0.25, -0.2) is 0 Å². The van der Waals surface area contributed by atoms with E-state index in [-0.39, 0.29) is 17.5 Å². The predicted octanol–water partition coefficient (Wildman–Crippen LogP) is 7.74. The number of esters is 1. The van der Waals surface area contributed by atoms with Gasteiger partial charge in [-0.2, -0.15) is 0 Å². The van der Waals surface area contributed by atoms with Gasteiger partial charge < -0.3 is 14.9 Å². The molecule has 0 spiro atoms. The molecule has 0 aliphatic rings. The van der Waals surface area contributed by atoms with Crippen molar-refractivity contribution in [3.8, 4) is 11.5 Å². The van der Waals surface area contributed by atoms with E-state index in [9.17, 15) is 15.0 Å². The number of aromatic hydroxyl groups is 2. The SMILES string of the molecule is CCCCCCCC/C=C\CCCCCCCC(=O)OC(C)c1ccc(O)c(O)c1. The first-order valence-electron chi connectivity index (χ1n) is 11.9.